The molecular weight excluding hydrogens is 426 g/mol. The fourth-order valence-electron chi connectivity index (χ4n) is 4.33. The number of nitrogens with zero attached hydrogens (tertiary/aromatic N) is 1. The molecule has 0 aromatic heterocycles. The van der Waals surface area contributed by atoms with E-state index in [1.807, 2.05) is 19.9 Å². The molecule has 0 aliphatic carbocycles. The van der Waals surface area contributed by atoms with Gasteiger partial charge in [0.05, 0.1) is 12.7 Å². The van der Waals surface area contributed by atoms with Gasteiger partial charge in [0.2, 0.25) is 5.91 Å². The molecule has 1 unspecified atom stereocenters. The van der Waals surface area contributed by atoms with Crippen LogP contribution in [0.2, 0.25) is 0 Å². The molecule has 1 heterocycles. The highest BCUT2D eigenvalue weighted by Gasteiger charge is 2.29. The van der Waals surface area contributed by atoms with Crippen molar-refractivity contribution in [3.8, 4) is 5.75 Å². The highest BCUT2D eigenvalue weighted by atomic mass is 16.5. The number of rotatable bonds is 7. The van der Waals surface area contributed by atoms with Gasteiger partial charge in [0.1, 0.15) is 11.8 Å². The van der Waals surface area contributed by atoms with Gasteiger partial charge in [-0.15, -0.1) is 0 Å². The Morgan fingerprint density at radius 3 is 2.18 bits per heavy atom. The van der Waals surface area contributed by atoms with E-state index in [0.717, 1.165) is 25.9 Å². The molecule has 3 rings (SSSR count). The number of hydrogen-bond donors (Lipinski definition) is 2. The van der Waals surface area contributed by atoms with Crippen LogP contribution in [-0.4, -0.2) is 44.1 Å². The Kier molecular flexibility index (Phi) is 8.24. The maximum atomic E-state index is 13.1. The second kappa shape index (κ2) is 10.9. The van der Waals surface area contributed by atoms with Crippen LogP contribution in [0.4, 0.5) is 5.69 Å². The Morgan fingerprint density at radius 2 is 1.62 bits per heavy atom. The summed E-state index contributed by atoms with van der Waals surface area (Å²) in [6.45, 7) is 12.3. The molecule has 184 valence electrons. The molecule has 1 aliphatic heterocycles. The molecule has 0 saturated carbocycles. The fourth-order valence-corrected chi connectivity index (χ4v) is 4.33. The van der Waals surface area contributed by atoms with E-state index in [0.29, 0.717) is 11.3 Å². The molecule has 1 atom stereocenters. The minimum Gasteiger partial charge on any atom is -0.496 e. The minimum atomic E-state index is -0.611. The molecule has 2 amide bonds. The Morgan fingerprint density at radius 1 is 1.00 bits per heavy atom. The van der Waals surface area contributed by atoms with Gasteiger partial charge >= 0.3 is 0 Å². The van der Waals surface area contributed by atoms with Crippen molar-refractivity contribution in [1.82, 2.24) is 10.6 Å². The predicted molar refractivity (Wildman–Crippen MR) is 138 cm³/mol. The summed E-state index contributed by atoms with van der Waals surface area (Å²) in [5, 5.41) is 6.08. The van der Waals surface area contributed by atoms with Crippen molar-refractivity contribution in [2.75, 3.05) is 25.1 Å². The molecule has 1 aliphatic rings. The van der Waals surface area contributed by atoms with Crippen LogP contribution in [0.3, 0.4) is 0 Å². The van der Waals surface area contributed by atoms with E-state index in [9.17, 15) is 9.59 Å². The smallest absolute Gasteiger partial charge is 0.255 e. The highest BCUT2D eigenvalue weighted by Crippen LogP contribution is 2.26. The SMILES string of the molecule is COc1ccccc1C(=O)NC(C(=O)NC1CCN(c2ccc(C(C)(C)C)cc2)CC1)C(C)C. The van der Waals surface area contributed by atoms with Gasteiger partial charge in [0, 0.05) is 24.8 Å². The van der Waals surface area contributed by atoms with Crippen molar-refractivity contribution < 1.29 is 14.3 Å². The number of amides is 2. The van der Waals surface area contributed by atoms with Gasteiger partial charge in [-0.3, -0.25) is 9.59 Å². The average Bonchev–Trinajstić information content (AvgIpc) is 2.82. The van der Waals surface area contributed by atoms with Gasteiger partial charge in [-0.1, -0.05) is 58.9 Å². The van der Waals surface area contributed by atoms with Crippen molar-refractivity contribution in [3.63, 3.8) is 0 Å². The van der Waals surface area contributed by atoms with Crippen molar-refractivity contribution in [3.05, 3.63) is 59.7 Å². The Bertz CT molecular complexity index is 971. The van der Waals surface area contributed by atoms with Crippen molar-refractivity contribution >= 4 is 17.5 Å². The van der Waals surface area contributed by atoms with Crippen LogP contribution in [-0.2, 0) is 10.2 Å². The molecule has 2 N–H and O–H groups in total. The largest absolute Gasteiger partial charge is 0.496 e. The Hall–Kier alpha value is -3.02. The Labute approximate surface area is 204 Å². The Balaban J connectivity index is 1.56. The minimum absolute atomic E-state index is 0.0416. The van der Waals surface area contributed by atoms with Gasteiger partial charge in [0.25, 0.3) is 5.91 Å². The summed E-state index contributed by atoms with van der Waals surface area (Å²) >= 11 is 0. The number of ether oxygens (including phenoxy) is 1. The number of hydrogen-bond acceptors (Lipinski definition) is 4. The summed E-state index contributed by atoms with van der Waals surface area (Å²) in [5.74, 6) is 0.0111. The zero-order valence-corrected chi connectivity index (χ0v) is 21.4. The lowest BCUT2D eigenvalue weighted by Crippen LogP contribution is -2.54. The fraction of sp³-hybridized carbons (Fsp3) is 0.500. The summed E-state index contributed by atoms with van der Waals surface area (Å²) < 4.78 is 5.29. The van der Waals surface area contributed by atoms with Crippen LogP contribution < -0.4 is 20.3 Å². The number of carbonyl (C=O) groups excluding carboxylic acids is 2. The molecule has 1 saturated heterocycles. The highest BCUT2D eigenvalue weighted by molar-refractivity contribution is 5.99. The number of anilines is 1. The van der Waals surface area contributed by atoms with Crippen LogP contribution >= 0.6 is 0 Å². The summed E-state index contributed by atoms with van der Waals surface area (Å²) in [6, 6.07) is 15.3. The molecule has 6 nitrogen and oxygen atoms in total. The number of nitrogens with one attached hydrogen (secondary N) is 2. The van der Waals surface area contributed by atoms with E-state index in [2.05, 4.69) is 60.6 Å². The maximum Gasteiger partial charge on any atom is 0.255 e. The summed E-state index contributed by atoms with van der Waals surface area (Å²) in [4.78, 5) is 28.3. The number of carbonyl (C=O) groups is 2. The lowest BCUT2D eigenvalue weighted by molar-refractivity contribution is -0.124. The van der Waals surface area contributed by atoms with Crippen molar-refractivity contribution in [1.29, 1.82) is 0 Å². The van der Waals surface area contributed by atoms with E-state index in [-0.39, 0.29) is 29.2 Å². The van der Waals surface area contributed by atoms with E-state index < -0.39 is 6.04 Å². The molecule has 2 aromatic rings. The van der Waals surface area contributed by atoms with Crippen LogP contribution in [0.25, 0.3) is 0 Å². The first kappa shape index (κ1) is 25.6. The van der Waals surface area contributed by atoms with Gasteiger partial charge in [-0.05, 0) is 54.0 Å². The monoisotopic (exact) mass is 465 g/mol. The topological polar surface area (TPSA) is 70.7 Å². The van der Waals surface area contributed by atoms with E-state index in [1.54, 1.807) is 18.2 Å². The molecule has 34 heavy (non-hydrogen) atoms. The van der Waals surface area contributed by atoms with Crippen LogP contribution in [0.1, 0.15) is 63.4 Å². The second-order valence-corrected chi connectivity index (χ2v) is 10.5. The summed E-state index contributed by atoms with van der Waals surface area (Å²) in [7, 11) is 1.53. The van der Waals surface area contributed by atoms with Crippen molar-refractivity contribution in [2.45, 2.75) is 65.0 Å². The number of piperidine rings is 1. The standard InChI is InChI=1S/C28H39N3O3/c1-19(2)25(30-26(32)23-9-7-8-10-24(23)34-6)27(33)29-21-15-17-31(18-16-21)22-13-11-20(12-14-22)28(3,4)5/h7-14,19,21,25H,15-18H2,1-6H3,(H,29,33)(H,30,32). The third-order valence-electron chi connectivity index (χ3n) is 6.53. The molecule has 1 fully saturated rings. The van der Waals surface area contributed by atoms with Gasteiger partial charge in [-0.25, -0.2) is 0 Å². The first-order chi connectivity index (χ1) is 16.1. The van der Waals surface area contributed by atoms with Gasteiger partial charge < -0.3 is 20.3 Å². The number of methoxy groups -OCH3 is 1. The number of benzene rings is 2. The first-order valence-electron chi connectivity index (χ1n) is 12.2. The number of para-hydroxylation sites is 1. The average molecular weight is 466 g/mol. The predicted octanol–water partition coefficient (Wildman–Crippen LogP) is 4.53. The molecular formula is C28H39N3O3. The zero-order chi connectivity index (χ0) is 24.9. The van der Waals surface area contributed by atoms with Crippen LogP contribution in [0.15, 0.2) is 48.5 Å². The van der Waals surface area contributed by atoms with Crippen LogP contribution in [0.5, 0.6) is 5.75 Å². The molecule has 0 bridgehead atoms. The van der Waals surface area contributed by atoms with Crippen LogP contribution in [0, 0.1) is 5.92 Å². The summed E-state index contributed by atoms with van der Waals surface area (Å²) in [5.41, 5.74) is 3.12. The van der Waals surface area contributed by atoms with E-state index in [4.69, 9.17) is 4.74 Å². The quantitative estimate of drug-likeness (QED) is 0.630. The maximum absolute atomic E-state index is 13.1. The first-order valence-corrected chi connectivity index (χ1v) is 12.2. The van der Waals surface area contributed by atoms with Crippen molar-refractivity contribution in [2.24, 2.45) is 5.92 Å². The zero-order valence-electron chi connectivity index (χ0n) is 21.4. The van der Waals surface area contributed by atoms with Gasteiger partial charge in [0.15, 0.2) is 0 Å². The van der Waals surface area contributed by atoms with Gasteiger partial charge in [-0.2, -0.15) is 0 Å². The second-order valence-electron chi connectivity index (χ2n) is 10.5. The normalized spacial score (nSPS) is 15.7. The van der Waals surface area contributed by atoms with E-state index >= 15 is 0 Å². The summed E-state index contributed by atoms with van der Waals surface area (Å²) in [6.07, 6.45) is 1.75. The van der Waals surface area contributed by atoms with E-state index in [1.165, 1.54) is 18.4 Å². The molecule has 0 spiro atoms. The third-order valence-corrected chi connectivity index (χ3v) is 6.53. The molecule has 6 heteroatoms. The molecule has 2 aromatic carbocycles. The third kappa shape index (κ3) is 6.31. The lowest BCUT2D eigenvalue weighted by atomic mass is 9.87. The molecule has 0 radical (unpaired) electrons. The lowest BCUT2D eigenvalue weighted by Gasteiger charge is -2.35.